The van der Waals surface area contributed by atoms with Crippen molar-refractivity contribution in [3.05, 3.63) is 95.9 Å². The highest BCUT2D eigenvalue weighted by molar-refractivity contribution is 7.18. The second-order valence-corrected chi connectivity index (χ2v) is 8.79. The van der Waals surface area contributed by atoms with Gasteiger partial charge in [-0.1, -0.05) is 24.3 Å². The Morgan fingerprint density at radius 1 is 1.09 bits per heavy atom. The van der Waals surface area contributed by atoms with Gasteiger partial charge in [0.2, 0.25) is 0 Å². The van der Waals surface area contributed by atoms with E-state index in [0.29, 0.717) is 22.0 Å². The van der Waals surface area contributed by atoms with E-state index in [1.807, 2.05) is 12.1 Å². The number of thiazole rings is 1. The van der Waals surface area contributed by atoms with Gasteiger partial charge in [0.1, 0.15) is 22.7 Å². The number of halogens is 2. The molecule has 0 fully saturated rings. The Hall–Kier alpha value is -3.53. The lowest BCUT2D eigenvalue weighted by Gasteiger charge is -2.26. The molecule has 2 N–H and O–H groups in total. The number of aromatic nitrogens is 2. The number of rotatable bonds is 9. The summed E-state index contributed by atoms with van der Waals surface area (Å²) in [5, 5.41) is 13.0. The highest BCUT2D eigenvalue weighted by atomic mass is 32.1. The quantitative estimate of drug-likeness (QED) is 0.357. The van der Waals surface area contributed by atoms with E-state index in [0.717, 1.165) is 5.56 Å². The van der Waals surface area contributed by atoms with Crippen LogP contribution in [0.15, 0.2) is 73.1 Å². The number of benzene rings is 2. The maximum atomic E-state index is 15.0. The summed E-state index contributed by atoms with van der Waals surface area (Å²) in [7, 11) is 1.44. The zero-order chi connectivity index (χ0) is 24.8. The van der Waals surface area contributed by atoms with Gasteiger partial charge in [-0.05, 0) is 42.0 Å². The van der Waals surface area contributed by atoms with E-state index in [1.165, 1.54) is 48.8 Å². The third-order valence-corrected chi connectivity index (χ3v) is 6.57. The molecule has 180 valence electrons. The van der Waals surface area contributed by atoms with Gasteiger partial charge in [0.15, 0.2) is 0 Å². The molecule has 0 aliphatic heterocycles. The van der Waals surface area contributed by atoms with Crippen molar-refractivity contribution in [2.24, 2.45) is 0 Å². The van der Waals surface area contributed by atoms with Crippen LogP contribution in [0.25, 0.3) is 21.0 Å². The molecule has 2 aromatic carbocycles. The molecule has 2 aromatic heterocycles. The van der Waals surface area contributed by atoms with E-state index >= 15 is 0 Å². The van der Waals surface area contributed by atoms with Gasteiger partial charge in [0, 0.05) is 31.6 Å². The fourth-order valence-electron chi connectivity index (χ4n) is 3.70. The Balaban J connectivity index is 1.64. The summed E-state index contributed by atoms with van der Waals surface area (Å²) >= 11 is 1.20. The lowest BCUT2D eigenvalue weighted by atomic mass is 10.0. The second kappa shape index (κ2) is 11.3. The van der Waals surface area contributed by atoms with Gasteiger partial charge in [0.05, 0.1) is 28.7 Å². The number of hydrogen-bond donors (Lipinski definition) is 2. The van der Waals surface area contributed by atoms with Gasteiger partial charge in [0.25, 0.3) is 5.91 Å². The zero-order valence-electron chi connectivity index (χ0n) is 18.8. The number of carbonyl (C=O) groups is 1. The monoisotopic (exact) mass is 495 g/mol. The maximum absolute atomic E-state index is 15.0. The second-order valence-electron chi connectivity index (χ2n) is 7.76. The van der Waals surface area contributed by atoms with Crippen LogP contribution in [0, 0.1) is 11.6 Å². The van der Waals surface area contributed by atoms with Crippen LogP contribution in [0.5, 0.6) is 0 Å². The van der Waals surface area contributed by atoms with Crippen molar-refractivity contribution in [2.45, 2.75) is 18.6 Å². The van der Waals surface area contributed by atoms with Gasteiger partial charge < -0.3 is 15.2 Å². The number of hydrogen-bond acceptors (Lipinski definition) is 6. The van der Waals surface area contributed by atoms with Crippen molar-refractivity contribution in [3.63, 3.8) is 0 Å². The van der Waals surface area contributed by atoms with Crippen LogP contribution in [0.1, 0.15) is 16.1 Å². The lowest BCUT2D eigenvalue weighted by Crippen LogP contribution is -2.47. The van der Waals surface area contributed by atoms with Gasteiger partial charge in [-0.25, -0.2) is 13.8 Å². The molecule has 2 atom stereocenters. The predicted molar refractivity (Wildman–Crippen MR) is 130 cm³/mol. The largest absolute Gasteiger partial charge is 0.394 e. The first-order chi connectivity index (χ1) is 17.0. The summed E-state index contributed by atoms with van der Waals surface area (Å²) < 4.78 is 33.6. The minimum atomic E-state index is -0.692. The first-order valence-corrected chi connectivity index (χ1v) is 11.7. The molecular weight excluding hydrogens is 472 g/mol. The van der Waals surface area contributed by atoms with Crippen molar-refractivity contribution in [2.75, 3.05) is 13.7 Å². The van der Waals surface area contributed by atoms with Crippen LogP contribution in [-0.4, -0.2) is 46.8 Å². The Bertz CT molecular complexity index is 1280. The minimum Gasteiger partial charge on any atom is -0.394 e. The molecule has 9 heteroatoms. The molecule has 0 radical (unpaired) electrons. The number of nitrogens with one attached hydrogen (secondary N) is 1. The van der Waals surface area contributed by atoms with Crippen molar-refractivity contribution >= 4 is 17.2 Å². The van der Waals surface area contributed by atoms with Crippen LogP contribution in [-0.2, 0) is 11.2 Å². The summed E-state index contributed by atoms with van der Waals surface area (Å²) in [6.07, 6.45) is 2.82. The topological polar surface area (TPSA) is 84.3 Å². The lowest BCUT2D eigenvalue weighted by molar-refractivity contribution is 0.0214. The fourth-order valence-corrected chi connectivity index (χ4v) is 4.68. The van der Waals surface area contributed by atoms with Crippen molar-refractivity contribution in [1.82, 2.24) is 15.3 Å². The van der Waals surface area contributed by atoms with Crippen molar-refractivity contribution < 1.29 is 23.4 Å². The number of pyridine rings is 1. The number of carbonyl (C=O) groups excluding carboxylic acids is 1. The molecule has 0 aliphatic rings. The van der Waals surface area contributed by atoms with Crippen LogP contribution >= 0.6 is 11.3 Å². The van der Waals surface area contributed by atoms with E-state index in [4.69, 9.17) is 4.74 Å². The number of nitrogens with zero attached hydrogens (tertiary/aromatic N) is 2. The average molecular weight is 496 g/mol. The molecule has 0 bridgehead atoms. The van der Waals surface area contributed by atoms with E-state index < -0.39 is 23.9 Å². The molecule has 35 heavy (non-hydrogen) atoms. The standard InChI is InChI=1S/C26H23F2N3O3S/c1-34-22(15-32)21(13-18-5-2-3-12-29-18)31-25(33)19-6-4-7-20(28)24(19)26-30-14-23(35-26)16-8-10-17(27)11-9-16/h2-12,14,21-22,32H,13,15H2,1H3,(H,31,33)/t21-,22-/m1/s1. The Kier molecular flexibility index (Phi) is 7.91. The van der Waals surface area contributed by atoms with Gasteiger partial charge in [-0.3, -0.25) is 9.78 Å². The number of methoxy groups -OCH3 is 1. The SMILES string of the molecule is CO[C@H](CO)[C@@H](Cc1ccccn1)NC(=O)c1cccc(F)c1-c1ncc(-c2ccc(F)cc2)s1. The summed E-state index contributed by atoms with van der Waals surface area (Å²) in [5.41, 5.74) is 1.61. The predicted octanol–water partition coefficient (Wildman–Crippen LogP) is 4.50. The van der Waals surface area contributed by atoms with Gasteiger partial charge >= 0.3 is 0 Å². The van der Waals surface area contributed by atoms with Crippen LogP contribution in [0.4, 0.5) is 8.78 Å². The number of aliphatic hydroxyl groups excluding tert-OH is 1. The Morgan fingerprint density at radius 3 is 2.57 bits per heavy atom. The summed E-state index contributed by atoms with van der Waals surface area (Å²) in [6, 6.07) is 14.9. The molecule has 0 unspecified atom stereocenters. The van der Waals surface area contributed by atoms with Crippen molar-refractivity contribution in [3.8, 4) is 21.0 Å². The van der Waals surface area contributed by atoms with Crippen LogP contribution in [0.2, 0.25) is 0 Å². The third kappa shape index (κ3) is 5.76. The number of amides is 1. The molecule has 0 saturated carbocycles. The first-order valence-electron chi connectivity index (χ1n) is 10.8. The molecule has 0 spiro atoms. The number of ether oxygens (including phenoxy) is 1. The summed E-state index contributed by atoms with van der Waals surface area (Å²) in [5.74, 6) is -1.48. The maximum Gasteiger partial charge on any atom is 0.252 e. The van der Waals surface area contributed by atoms with E-state index in [-0.39, 0.29) is 23.6 Å². The average Bonchev–Trinajstić information content (AvgIpc) is 3.35. The highest BCUT2D eigenvalue weighted by Crippen LogP contribution is 2.35. The first kappa shape index (κ1) is 24.6. The Labute approximate surface area is 205 Å². The van der Waals surface area contributed by atoms with Gasteiger partial charge in [-0.15, -0.1) is 11.3 Å². The fraction of sp³-hybridized carbons (Fsp3) is 0.192. The Morgan fingerprint density at radius 2 is 1.89 bits per heavy atom. The van der Waals surface area contributed by atoms with Crippen LogP contribution < -0.4 is 5.32 Å². The zero-order valence-corrected chi connectivity index (χ0v) is 19.6. The van der Waals surface area contributed by atoms with Gasteiger partial charge in [-0.2, -0.15) is 0 Å². The summed E-state index contributed by atoms with van der Waals surface area (Å²) in [4.78, 5) is 22.7. The third-order valence-electron chi connectivity index (χ3n) is 5.51. The molecule has 0 aliphatic carbocycles. The molecule has 4 rings (SSSR count). The van der Waals surface area contributed by atoms with E-state index in [9.17, 15) is 18.7 Å². The smallest absolute Gasteiger partial charge is 0.252 e. The molecule has 6 nitrogen and oxygen atoms in total. The number of aliphatic hydroxyl groups is 1. The molecule has 4 aromatic rings. The van der Waals surface area contributed by atoms with E-state index in [2.05, 4.69) is 15.3 Å². The van der Waals surface area contributed by atoms with Crippen molar-refractivity contribution in [1.29, 1.82) is 0 Å². The highest BCUT2D eigenvalue weighted by Gasteiger charge is 2.27. The molecule has 1 amide bonds. The minimum absolute atomic E-state index is 0.0675. The molecule has 2 heterocycles. The molecule has 0 saturated heterocycles. The molecular formula is C26H23F2N3O3S. The normalized spacial score (nSPS) is 12.8. The summed E-state index contributed by atoms with van der Waals surface area (Å²) in [6.45, 7) is -0.322. The van der Waals surface area contributed by atoms with E-state index in [1.54, 1.807) is 30.6 Å². The van der Waals surface area contributed by atoms with Crippen LogP contribution in [0.3, 0.4) is 0 Å².